The average molecular weight is 870 g/mol. The number of carboxylic acid groups (broad SMARTS) is 1. The number of pyridine rings is 2. The summed E-state index contributed by atoms with van der Waals surface area (Å²) in [6.07, 6.45) is 5.66. The number of hydrogen-bond acceptors (Lipinski definition) is 14. The average Bonchev–Trinajstić information content (AvgIpc) is 3.89. The summed E-state index contributed by atoms with van der Waals surface area (Å²) in [6, 6.07) is 36.6. The number of nitriles is 2. The van der Waals surface area contributed by atoms with E-state index in [1.54, 1.807) is 64.8 Å². The molecule has 0 saturated heterocycles. The molecule has 1 amide bonds. The Labute approximate surface area is 371 Å². The molecule has 0 spiro atoms. The summed E-state index contributed by atoms with van der Waals surface area (Å²) in [7, 11) is 2.96. The number of hydrogen-bond donors (Lipinski definition) is 4. The Morgan fingerprint density at radius 1 is 0.677 bits per heavy atom. The van der Waals surface area contributed by atoms with E-state index in [1.807, 2.05) is 79.0 Å². The largest absolute Gasteiger partial charge is 0.496 e. The zero-order chi connectivity index (χ0) is 45.3. The van der Waals surface area contributed by atoms with Gasteiger partial charge in [-0.05, 0) is 96.8 Å². The molecule has 4 N–H and O–H groups in total. The van der Waals surface area contributed by atoms with E-state index < -0.39 is 5.97 Å². The first kappa shape index (κ1) is 42.5. The fourth-order valence-corrected chi connectivity index (χ4v) is 6.71. The summed E-state index contributed by atoms with van der Waals surface area (Å²) in [4.78, 5) is 32.9. The molecule has 18 heteroatoms. The fourth-order valence-electron chi connectivity index (χ4n) is 6.71. The molecule has 0 radical (unpaired) electrons. The van der Waals surface area contributed by atoms with Crippen molar-refractivity contribution >= 4 is 46.4 Å². The van der Waals surface area contributed by atoms with Crippen molar-refractivity contribution in [1.29, 1.82) is 10.5 Å². The van der Waals surface area contributed by atoms with E-state index in [1.165, 1.54) is 13.2 Å². The van der Waals surface area contributed by atoms with Gasteiger partial charge in [0.25, 0.3) is 5.91 Å². The Hall–Kier alpha value is -9.16. The minimum absolute atomic E-state index is 0.00505. The SMILES string of the molecule is COc1cc(Nc2nc3c(-c4ccc(OCC#N)cc4)cccn3n2)ccc1C(=O)NC1CC1.COc1cc(Nc2nc3c(-c4ccc(OCC#N)cc4)cccn3n2)ccc1C(=O)O. The van der Waals surface area contributed by atoms with E-state index in [2.05, 4.69) is 36.1 Å². The number of ether oxygens (including phenoxy) is 4. The summed E-state index contributed by atoms with van der Waals surface area (Å²) in [5, 5.41) is 44.7. The van der Waals surface area contributed by atoms with Crippen molar-refractivity contribution in [3.63, 3.8) is 0 Å². The number of nitrogens with one attached hydrogen (secondary N) is 3. The van der Waals surface area contributed by atoms with Gasteiger partial charge in [0, 0.05) is 53.1 Å². The van der Waals surface area contributed by atoms with Crippen LogP contribution in [0, 0.1) is 22.7 Å². The first-order valence-electron chi connectivity index (χ1n) is 20.1. The molecule has 1 aliphatic carbocycles. The Bertz CT molecular complexity index is 3100. The molecule has 0 unspecified atom stereocenters. The molecule has 65 heavy (non-hydrogen) atoms. The number of fused-ring (bicyclic) bond motifs is 2. The zero-order valence-electron chi connectivity index (χ0n) is 34.9. The molecule has 0 bridgehead atoms. The lowest BCUT2D eigenvalue weighted by atomic mass is 10.1. The topological polar surface area (TPSA) is 235 Å². The minimum Gasteiger partial charge on any atom is -0.496 e. The van der Waals surface area contributed by atoms with Gasteiger partial charge in [-0.2, -0.15) is 20.5 Å². The molecule has 0 atom stereocenters. The number of carbonyl (C=O) groups is 2. The second-order valence-electron chi connectivity index (χ2n) is 14.3. The third-order valence-electron chi connectivity index (χ3n) is 9.97. The van der Waals surface area contributed by atoms with E-state index in [4.69, 9.17) is 29.5 Å². The number of aromatic nitrogens is 6. The second-order valence-corrected chi connectivity index (χ2v) is 14.3. The Kier molecular flexibility index (Phi) is 12.6. The van der Waals surface area contributed by atoms with E-state index in [0.717, 1.165) is 35.1 Å². The summed E-state index contributed by atoms with van der Waals surface area (Å²) >= 11 is 0. The third-order valence-corrected chi connectivity index (χ3v) is 9.97. The normalized spacial score (nSPS) is 11.6. The predicted molar refractivity (Wildman–Crippen MR) is 239 cm³/mol. The van der Waals surface area contributed by atoms with Gasteiger partial charge in [0.2, 0.25) is 11.9 Å². The van der Waals surface area contributed by atoms with Crippen LogP contribution >= 0.6 is 0 Å². The summed E-state index contributed by atoms with van der Waals surface area (Å²) in [5.41, 5.74) is 6.83. The van der Waals surface area contributed by atoms with Gasteiger partial charge in [0.15, 0.2) is 24.5 Å². The van der Waals surface area contributed by atoms with Crippen molar-refractivity contribution in [3.8, 4) is 57.4 Å². The number of amides is 1. The molecule has 4 aromatic carbocycles. The van der Waals surface area contributed by atoms with Crippen LogP contribution in [-0.4, -0.2) is 79.7 Å². The van der Waals surface area contributed by atoms with Crippen LogP contribution in [0.15, 0.2) is 122 Å². The zero-order valence-corrected chi connectivity index (χ0v) is 34.9. The molecule has 1 aliphatic rings. The van der Waals surface area contributed by atoms with Crippen molar-refractivity contribution in [3.05, 3.63) is 133 Å². The minimum atomic E-state index is -1.07. The first-order valence-corrected chi connectivity index (χ1v) is 20.1. The highest BCUT2D eigenvalue weighted by Crippen LogP contribution is 2.31. The van der Waals surface area contributed by atoms with Crippen LogP contribution in [-0.2, 0) is 0 Å². The fraction of sp³-hybridized carbons (Fsp3) is 0.149. The molecule has 1 fully saturated rings. The third kappa shape index (κ3) is 9.98. The Morgan fingerprint density at radius 3 is 1.57 bits per heavy atom. The van der Waals surface area contributed by atoms with Crippen molar-refractivity contribution < 1.29 is 33.6 Å². The van der Waals surface area contributed by atoms with Gasteiger partial charge in [-0.1, -0.05) is 24.3 Å². The number of carbonyl (C=O) groups excluding carboxylic acids is 1. The van der Waals surface area contributed by atoms with Gasteiger partial charge < -0.3 is 40.0 Å². The van der Waals surface area contributed by atoms with Gasteiger partial charge in [-0.15, -0.1) is 10.2 Å². The lowest BCUT2D eigenvalue weighted by molar-refractivity contribution is 0.0693. The van der Waals surface area contributed by atoms with E-state index in [-0.39, 0.29) is 36.5 Å². The second kappa shape index (κ2) is 19.3. The van der Waals surface area contributed by atoms with E-state index >= 15 is 0 Å². The van der Waals surface area contributed by atoms with Crippen molar-refractivity contribution in [2.24, 2.45) is 0 Å². The van der Waals surface area contributed by atoms with Crippen molar-refractivity contribution in [1.82, 2.24) is 34.5 Å². The van der Waals surface area contributed by atoms with E-state index in [9.17, 15) is 14.7 Å². The number of methoxy groups -OCH3 is 2. The van der Waals surface area contributed by atoms with Crippen LogP contribution in [0.25, 0.3) is 33.5 Å². The number of anilines is 4. The quantitative estimate of drug-likeness (QED) is 0.0773. The summed E-state index contributed by atoms with van der Waals surface area (Å²) in [6.45, 7) is -0.00252. The standard InChI is InChI=1S/C25H22N6O3.C22H17N5O4/c1-33-22-15-18(8-11-21(22)24(32)27-17-6-7-17)28-25-29-23-20(3-2-13-31(23)30-25)16-4-9-19(10-5-16)34-14-12-26;1-30-19-13-15(6-9-18(19)21(28)29)24-22-25-20-17(3-2-11-27(20)26-22)14-4-7-16(8-5-14)31-12-10-23/h2-5,8-11,13,15,17H,6-7,14H2,1H3,(H,27,32)(H,28,30);2-9,11,13H,12H2,1H3,(H,24,26)(H,28,29). The molecule has 4 aromatic heterocycles. The van der Waals surface area contributed by atoms with Crippen molar-refractivity contribution in [2.45, 2.75) is 18.9 Å². The van der Waals surface area contributed by atoms with Crippen LogP contribution in [0.4, 0.5) is 23.3 Å². The molecule has 18 nitrogen and oxygen atoms in total. The molecular formula is C47H39N11O7. The number of rotatable bonds is 15. The number of aromatic carboxylic acids is 1. The van der Waals surface area contributed by atoms with Crippen LogP contribution in [0.1, 0.15) is 33.6 Å². The van der Waals surface area contributed by atoms with Gasteiger partial charge in [0.05, 0.1) is 19.8 Å². The number of nitrogens with zero attached hydrogens (tertiary/aromatic N) is 8. The lowest BCUT2D eigenvalue weighted by Gasteiger charge is -2.11. The maximum atomic E-state index is 12.4. The van der Waals surface area contributed by atoms with E-state index in [0.29, 0.717) is 57.4 Å². The molecule has 8 aromatic rings. The highest BCUT2D eigenvalue weighted by Gasteiger charge is 2.25. The molecule has 324 valence electrons. The number of carboxylic acids is 1. The highest BCUT2D eigenvalue weighted by molar-refractivity contribution is 5.98. The van der Waals surface area contributed by atoms with Crippen LogP contribution in [0.3, 0.4) is 0 Å². The smallest absolute Gasteiger partial charge is 0.339 e. The molecule has 9 rings (SSSR count). The van der Waals surface area contributed by atoms with Crippen molar-refractivity contribution in [2.75, 3.05) is 38.1 Å². The molecule has 0 aliphatic heterocycles. The Morgan fingerprint density at radius 2 is 1.14 bits per heavy atom. The van der Waals surface area contributed by atoms with Gasteiger partial charge in [0.1, 0.15) is 40.7 Å². The summed E-state index contributed by atoms with van der Waals surface area (Å²) in [5.74, 6) is 1.52. The molecule has 4 heterocycles. The summed E-state index contributed by atoms with van der Waals surface area (Å²) < 4.78 is 24.6. The van der Waals surface area contributed by atoms with Gasteiger partial charge in [-0.3, -0.25) is 4.79 Å². The van der Waals surface area contributed by atoms with Crippen LogP contribution in [0.2, 0.25) is 0 Å². The van der Waals surface area contributed by atoms with Crippen LogP contribution < -0.4 is 34.9 Å². The van der Waals surface area contributed by atoms with Crippen LogP contribution in [0.5, 0.6) is 23.0 Å². The first-order chi connectivity index (χ1) is 31.7. The maximum absolute atomic E-state index is 12.4. The maximum Gasteiger partial charge on any atom is 0.339 e. The monoisotopic (exact) mass is 869 g/mol. The Balaban J connectivity index is 0.000000178. The highest BCUT2D eigenvalue weighted by atomic mass is 16.5. The molecular weight excluding hydrogens is 831 g/mol. The number of benzene rings is 4. The lowest BCUT2D eigenvalue weighted by Crippen LogP contribution is -2.25. The van der Waals surface area contributed by atoms with Gasteiger partial charge >= 0.3 is 5.97 Å². The van der Waals surface area contributed by atoms with Gasteiger partial charge in [-0.25, -0.2) is 13.8 Å². The predicted octanol–water partition coefficient (Wildman–Crippen LogP) is 7.69. The molecule has 1 saturated carbocycles.